The summed E-state index contributed by atoms with van der Waals surface area (Å²) in [5.41, 5.74) is 0.609. The van der Waals surface area contributed by atoms with Crippen LogP contribution >= 0.6 is 0 Å². The highest BCUT2D eigenvalue weighted by Gasteiger charge is 2.17. The van der Waals surface area contributed by atoms with Gasteiger partial charge in [0.15, 0.2) is 11.5 Å². The number of carbonyl (C=O) groups is 2. The highest BCUT2D eigenvalue weighted by Crippen LogP contribution is 2.11. The number of amides is 2. The standard InChI is InChI=1S/C20H26N6O2/c1-25-12-14-26(15-13-25)11-5-8-23-20(28)17-18(22-10-9-21-17)24-19(27)16-6-3-2-4-7-16/h2-4,6-7,9-10H,5,8,11-15H2,1H3,(H,23,28)(H,22,24,27). The van der Waals surface area contributed by atoms with E-state index in [0.717, 1.165) is 39.1 Å². The maximum Gasteiger partial charge on any atom is 0.273 e. The molecule has 3 rings (SSSR count). The number of anilines is 1. The van der Waals surface area contributed by atoms with Crippen molar-refractivity contribution in [2.75, 3.05) is 51.6 Å². The van der Waals surface area contributed by atoms with Crippen molar-refractivity contribution in [2.45, 2.75) is 6.42 Å². The Morgan fingerprint density at radius 3 is 2.46 bits per heavy atom. The first-order valence-electron chi connectivity index (χ1n) is 9.50. The van der Waals surface area contributed by atoms with Gasteiger partial charge in [0.05, 0.1) is 0 Å². The lowest BCUT2D eigenvalue weighted by Crippen LogP contribution is -2.45. The summed E-state index contributed by atoms with van der Waals surface area (Å²) in [6.07, 6.45) is 3.75. The molecule has 2 amide bonds. The van der Waals surface area contributed by atoms with Crippen LogP contribution in [0.3, 0.4) is 0 Å². The molecule has 1 saturated heterocycles. The van der Waals surface area contributed by atoms with Crippen LogP contribution in [0.4, 0.5) is 5.82 Å². The summed E-state index contributed by atoms with van der Waals surface area (Å²) in [6.45, 7) is 5.78. The number of aromatic nitrogens is 2. The minimum Gasteiger partial charge on any atom is -0.351 e. The van der Waals surface area contributed by atoms with E-state index in [1.807, 2.05) is 6.07 Å². The second-order valence-corrected chi connectivity index (χ2v) is 6.83. The number of rotatable bonds is 7. The van der Waals surface area contributed by atoms with E-state index >= 15 is 0 Å². The molecule has 8 nitrogen and oxygen atoms in total. The first kappa shape index (κ1) is 19.9. The first-order valence-corrected chi connectivity index (χ1v) is 9.50. The van der Waals surface area contributed by atoms with Crippen LogP contribution in [0.2, 0.25) is 0 Å². The van der Waals surface area contributed by atoms with Crippen molar-refractivity contribution in [1.29, 1.82) is 0 Å². The number of likely N-dealkylation sites (N-methyl/N-ethyl adjacent to an activating group) is 1. The van der Waals surface area contributed by atoms with Gasteiger partial charge in [-0.05, 0) is 32.1 Å². The van der Waals surface area contributed by atoms with Gasteiger partial charge in [-0.1, -0.05) is 18.2 Å². The number of hydrogen-bond donors (Lipinski definition) is 2. The van der Waals surface area contributed by atoms with Gasteiger partial charge in [-0.3, -0.25) is 9.59 Å². The Kier molecular flexibility index (Phi) is 7.05. The molecule has 2 N–H and O–H groups in total. The van der Waals surface area contributed by atoms with Gasteiger partial charge in [0.2, 0.25) is 0 Å². The first-order chi connectivity index (χ1) is 13.6. The molecule has 1 aliphatic heterocycles. The highest BCUT2D eigenvalue weighted by molar-refractivity contribution is 6.07. The largest absolute Gasteiger partial charge is 0.351 e. The Morgan fingerprint density at radius 1 is 1.00 bits per heavy atom. The van der Waals surface area contributed by atoms with Crippen LogP contribution in [0, 0.1) is 0 Å². The zero-order valence-electron chi connectivity index (χ0n) is 16.1. The Morgan fingerprint density at radius 2 is 1.71 bits per heavy atom. The van der Waals surface area contributed by atoms with Crippen molar-refractivity contribution in [2.24, 2.45) is 0 Å². The van der Waals surface area contributed by atoms with Gasteiger partial charge in [-0.15, -0.1) is 0 Å². The molecule has 1 aromatic heterocycles. The maximum absolute atomic E-state index is 12.5. The van der Waals surface area contributed by atoms with E-state index in [1.165, 1.54) is 12.4 Å². The molecule has 0 spiro atoms. The van der Waals surface area contributed by atoms with Gasteiger partial charge in [0.25, 0.3) is 11.8 Å². The Balaban J connectivity index is 1.50. The molecule has 0 unspecified atom stereocenters. The molecule has 28 heavy (non-hydrogen) atoms. The third-order valence-corrected chi connectivity index (χ3v) is 4.71. The fraction of sp³-hybridized carbons (Fsp3) is 0.400. The predicted octanol–water partition coefficient (Wildman–Crippen LogP) is 1.10. The van der Waals surface area contributed by atoms with Gasteiger partial charge in [0.1, 0.15) is 0 Å². The Bertz CT molecular complexity index is 790. The lowest BCUT2D eigenvalue weighted by molar-refractivity contribution is 0.0945. The predicted molar refractivity (Wildman–Crippen MR) is 107 cm³/mol. The molecule has 8 heteroatoms. The van der Waals surface area contributed by atoms with Crippen LogP contribution in [0.5, 0.6) is 0 Å². The minimum atomic E-state index is -0.338. The van der Waals surface area contributed by atoms with Crippen LogP contribution in [-0.2, 0) is 0 Å². The average Bonchev–Trinajstić information content (AvgIpc) is 2.73. The zero-order chi connectivity index (χ0) is 19.8. The second kappa shape index (κ2) is 9.91. The van der Waals surface area contributed by atoms with Crippen molar-refractivity contribution in [3.8, 4) is 0 Å². The summed E-state index contributed by atoms with van der Waals surface area (Å²) >= 11 is 0. The molecule has 1 aromatic carbocycles. The SMILES string of the molecule is CN1CCN(CCCNC(=O)c2nccnc2NC(=O)c2ccccc2)CC1. The lowest BCUT2D eigenvalue weighted by atomic mass is 10.2. The molecule has 0 saturated carbocycles. The molecule has 0 atom stereocenters. The molecule has 0 bridgehead atoms. The van der Waals surface area contributed by atoms with E-state index < -0.39 is 0 Å². The molecule has 0 aliphatic carbocycles. The van der Waals surface area contributed by atoms with Crippen LogP contribution in [0.15, 0.2) is 42.7 Å². The molecular formula is C20H26N6O2. The molecule has 0 radical (unpaired) electrons. The third kappa shape index (κ3) is 5.58. The topological polar surface area (TPSA) is 90.5 Å². The molecule has 2 aromatic rings. The maximum atomic E-state index is 12.5. The quantitative estimate of drug-likeness (QED) is 0.697. The summed E-state index contributed by atoms with van der Waals surface area (Å²) < 4.78 is 0. The Labute approximate surface area is 165 Å². The van der Waals surface area contributed by atoms with E-state index in [2.05, 4.69) is 37.4 Å². The Hall–Kier alpha value is -2.84. The van der Waals surface area contributed by atoms with Crippen LogP contribution in [0.1, 0.15) is 27.3 Å². The van der Waals surface area contributed by atoms with E-state index in [-0.39, 0.29) is 23.3 Å². The summed E-state index contributed by atoms with van der Waals surface area (Å²) in [7, 11) is 2.13. The molecular weight excluding hydrogens is 356 g/mol. The van der Waals surface area contributed by atoms with Crippen molar-refractivity contribution in [1.82, 2.24) is 25.1 Å². The third-order valence-electron chi connectivity index (χ3n) is 4.71. The highest BCUT2D eigenvalue weighted by atomic mass is 16.2. The van der Waals surface area contributed by atoms with Crippen LogP contribution in [0.25, 0.3) is 0 Å². The van der Waals surface area contributed by atoms with Crippen molar-refractivity contribution in [3.63, 3.8) is 0 Å². The fourth-order valence-corrected chi connectivity index (χ4v) is 3.02. The smallest absolute Gasteiger partial charge is 0.273 e. The van der Waals surface area contributed by atoms with Gasteiger partial charge >= 0.3 is 0 Å². The summed E-state index contributed by atoms with van der Waals surface area (Å²) in [6, 6.07) is 8.78. The molecule has 2 heterocycles. The van der Waals surface area contributed by atoms with Crippen LogP contribution in [-0.4, -0.2) is 77.9 Å². The summed E-state index contributed by atoms with van der Waals surface area (Å²) in [4.78, 5) is 37.7. The van der Waals surface area contributed by atoms with E-state index in [9.17, 15) is 9.59 Å². The number of piperazine rings is 1. The zero-order valence-corrected chi connectivity index (χ0v) is 16.1. The van der Waals surface area contributed by atoms with Gasteiger partial charge in [-0.2, -0.15) is 0 Å². The number of benzene rings is 1. The van der Waals surface area contributed by atoms with E-state index in [0.29, 0.717) is 12.1 Å². The summed E-state index contributed by atoms with van der Waals surface area (Å²) in [5.74, 6) is -0.507. The van der Waals surface area contributed by atoms with Crippen LogP contribution < -0.4 is 10.6 Å². The van der Waals surface area contributed by atoms with Gasteiger partial charge in [-0.25, -0.2) is 9.97 Å². The van der Waals surface area contributed by atoms with Gasteiger partial charge < -0.3 is 20.4 Å². The number of hydrogen-bond acceptors (Lipinski definition) is 6. The molecule has 1 aliphatic rings. The van der Waals surface area contributed by atoms with Crippen molar-refractivity contribution < 1.29 is 9.59 Å². The molecule has 148 valence electrons. The second-order valence-electron chi connectivity index (χ2n) is 6.83. The number of nitrogens with zero attached hydrogens (tertiary/aromatic N) is 4. The lowest BCUT2D eigenvalue weighted by Gasteiger charge is -2.32. The monoisotopic (exact) mass is 382 g/mol. The normalized spacial score (nSPS) is 15.2. The van der Waals surface area contributed by atoms with Crippen molar-refractivity contribution in [3.05, 3.63) is 54.0 Å². The molecule has 1 fully saturated rings. The fourth-order valence-electron chi connectivity index (χ4n) is 3.02. The minimum absolute atomic E-state index is 0.117. The average molecular weight is 382 g/mol. The number of carbonyl (C=O) groups excluding carboxylic acids is 2. The number of nitrogens with one attached hydrogen (secondary N) is 2. The van der Waals surface area contributed by atoms with E-state index in [4.69, 9.17) is 0 Å². The van der Waals surface area contributed by atoms with Gasteiger partial charge in [0, 0.05) is 50.7 Å². The van der Waals surface area contributed by atoms with E-state index in [1.54, 1.807) is 24.3 Å². The van der Waals surface area contributed by atoms with Crippen molar-refractivity contribution >= 4 is 17.6 Å². The summed E-state index contributed by atoms with van der Waals surface area (Å²) in [5, 5.41) is 5.54.